The van der Waals surface area contributed by atoms with Crippen LogP contribution < -0.4 is 4.74 Å². The maximum Gasteiger partial charge on any atom is 0.337 e. The van der Waals surface area contributed by atoms with Crippen molar-refractivity contribution >= 4 is 16.0 Å². The Balaban J connectivity index is 2.01. The Morgan fingerprint density at radius 3 is 2.67 bits per heavy atom. The zero-order valence-electron chi connectivity index (χ0n) is 13.1. The lowest BCUT2D eigenvalue weighted by Crippen LogP contribution is -2.32. The monoisotopic (exact) mass is 347 g/mol. The predicted molar refractivity (Wildman–Crippen MR) is 87.3 cm³/mol. The number of hydrogen-bond donors (Lipinski definition) is 0. The van der Waals surface area contributed by atoms with E-state index < -0.39 is 16.0 Å². The number of nitrogens with zero attached hydrogens (tertiary/aromatic N) is 1. The molecule has 0 N–H and O–H groups in total. The molecule has 24 heavy (non-hydrogen) atoms. The Bertz CT molecular complexity index is 849. The molecule has 0 spiro atoms. The molecule has 0 bridgehead atoms. The molecule has 0 aliphatic carbocycles. The molecule has 2 aromatic carbocycles. The second kappa shape index (κ2) is 6.62. The molecule has 0 radical (unpaired) electrons. The van der Waals surface area contributed by atoms with Crippen LogP contribution in [0.4, 0.5) is 0 Å². The lowest BCUT2D eigenvalue weighted by atomic mass is 10.2. The highest BCUT2D eigenvalue weighted by atomic mass is 32.2. The third kappa shape index (κ3) is 3.13. The number of esters is 1. The second-order valence-corrected chi connectivity index (χ2v) is 7.23. The molecule has 1 heterocycles. The smallest absolute Gasteiger partial charge is 0.337 e. The van der Waals surface area contributed by atoms with E-state index in [9.17, 15) is 13.2 Å². The standard InChI is InChI=1S/C17H17NO5S/c1-22-17(19)14-7-8-15-16(11-14)24(20,21)18(9-10-23-15)12-13-5-3-2-4-6-13/h2-8,11H,9-10,12H2,1H3. The molecule has 6 nitrogen and oxygen atoms in total. The first-order chi connectivity index (χ1) is 11.5. The maximum absolute atomic E-state index is 13.0. The molecule has 3 rings (SSSR count). The summed E-state index contributed by atoms with van der Waals surface area (Å²) >= 11 is 0. The minimum Gasteiger partial charge on any atom is -0.491 e. The SMILES string of the molecule is COC(=O)c1ccc2c(c1)S(=O)(=O)N(Cc1ccccc1)CCO2. The molecule has 0 saturated carbocycles. The number of sulfonamides is 1. The number of ether oxygens (including phenoxy) is 2. The summed E-state index contributed by atoms with van der Waals surface area (Å²) in [6, 6.07) is 13.6. The first kappa shape index (κ1) is 16.5. The van der Waals surface area contributed by atoms with Gasteiger partial charge in [-0.2, -0.15) is 4.31 Å². The first-order valence-electron chi connectivity index (χ1n) is 7.41. The lowest BCUT2D eigenvalue weighted by molar-refractivity contribution is 0.0600. The van der Waals surface area contributed by atoms with Gasteiger partial charge in [-0.3, -0.25) is 0 Å². The Labute approximate surface area is 140 Å². The van der Waals surface area contributed by atoms with Gasteiger partial charge in [0.2, 0.25) is 10.0 Å². The minimum absolute atomic E-state index is 0.0150. The Kier molecular flexibility index (Phi) is 4.55. The fraction of sp³-hybridized carbons (Fsp3) is 0.235. The average Bonchev–Trinajstić information content (AvgIpc) is 2.72. The van der Waals surface area contributed by atoms with Crippen LogP contribution in [0.1, 0.15) is 15.9 Å². The number of hydrogen-bond acceptors (Lipinski definition) is 5. The second-order valence-electron chi connectivity index (χ2n) is 5.33. The van der Waals surface area contributed by atoms with E-state index in [1.54, 1.807) is 0 Å². The average molecular weight is 347 g/mol. The van der Waals surface area contributed by atoms with Gasteiger partial charge in [0, 0.05) is 13.1 Å². The molecule has 0 atom stereocenters. The van der Waals surface area contributed by atoms with Crippen molar-refractivity contribution < 1.29 is 22.7 Å². The van der Waals surface area contributed by atoms with Crippen molar-refractivity contribution in [2.45, 2.75) is 11.4 Å². The summed E-state index contributed by atoms with van der Waals surface area (Å²) in [5.41, 5.74) is 1.05. The van der Waals surface area contributed by atoms with Gasteiger partial charge in [0.25, 0.3) is 0 Å². The van der Waals surface area contributed by atoms with Gasteiger partial charge in [0.1, 0.15) is 17.3 Å². The Morgan fingerprint density at radius 1 is 1.21 bits per heavy atom. The number of benzene rings is 2. The Morgan fingerprint density at radius 2 is 1.96 bits per heavy atom. The van der Waals surface area contributed by atoms with Gasteiger partial charge in [-0.25, -0.2) is 13.2 Å². The zero-order chi connectivity index (χ0) is 17.2. The molecule has 2 aromatic rings. The van der Waals surface area contributed by atoms with Crippen LogP contribution in [0, 0.1) is 0 Å². The molecule has 0 amide bonds. The van der Waals surface area contributed by atoms with E-state index in [2.05, 4.69) is 4.74 Å². The van der Waals surface area contributed by atoms with Gasteiger partial charge in [-0.1, -0.05) is 30.3 Å². The van der Waals surface area contributed by atoms with Crippen molar-refractivity contribution in [1.29, 1.82) is 0 Å². The fourth-order valence-electron chi connectivity index (χ4n) is 2.54. The van der Waals surface area contributed by atoms with Crippen molar-refractivity contribution in [3.05, 3.63) is 59.7 Å². The molecule has 7 heteroatoms. The van der Waals surface area contributed by atoms with E-state index in [1.165, 1.54) is 29.6 Å². The molecular formula is C17H17NO5S. The fourth-order valence-corrected chi connectivity index (χ4v) is 4.11. The van der Waals surface area contributed by atoms with Crippen LogP contribution in [0.25, 0.3) is 0 Å². The number of fused-ring (bicyclic) bond motifs is 1. The van der Waals surface area contributed by atoms with E-state index in [4.69, 9.17) is 4.74 Å². The summed E-state index contributed by atoms with van der Waals surface area (Å²) in [6.45, 7) is 0.727. The summed E-state index contributed by atoms with van der Waals surface area (Å²) in [5, 5.41) is 0. The maximum atomic E-state index is 13.0. The topological polar surface area (TPSA) is 72.9 Å². The highest BCUT2D eigenvalue weighted by Gasteiger charge is 2.31. The van der Waals surface area contributed by atoms with Gasteiger partial charge in [0.15, 0.2) is 0 Å². The van der Waals surface area contributed by atoms with Crippen LogP contribution in [0.3, 0.4) is 0 Å². The highest BCUT2D eigenvalue weighted by Crippen LogP contribution is 2.31. The summed E-state index contributed by atoms with van der Waals surface area (Å²) in [6.07, 6.45) is 0. The zero-order valence-corrected chi connectivity index (χ0v) is 14.0. The third-order valence-corrected chi connectivity index (χ3v) is 5.65. The predicted octanol–water partition coefficient (Wildman–Crippen LogP) is 2.06. The summed E-state index contributed by atoms with van der Waals surface area (Å²) < 4.78 is 37.5. The third-order valence-electron chi connectivity index (χ3n) is 3.78. The van der Waals surface area contributed by atoms with Gasteiger partial charge in [-0.15, -0.1) is 0 Å². The van der Waals surface area contributed by atoms with Gasteiger partial charge < -0.3 is 9.47 Å². The number of carbonyl (C=O) groups excluding carboxylic acids is 1. The van der Waals surface area contributed by atoms with Crippen LogP contribution in [-0.4, -0.2) is 39.0 Å². The summed E-state index contributed by atoms with van der Waals surface area (Å²) in [4.78, 5) is 11.7. The van der Waals surface area contributed by atoms with Crippen LogP contribution in [0.15, 0.2) is 53.4 Å². The van der Waals surface area contributed by atoms with Gasteiger partial charge in [0.05, 0.1) is 12.7 Å². The molecule has 0 saturated heterocycles. The molecule has 0 fully saturated rings. The molecular weight excluding hydrogens is 330 g/mol. The van der Waals surface area contributed by atoms with Crippen LogP contribution in [-0.2, 0) is 21.3 Å². The van der Waals surface area contributed by atoms with Crippen LogP contribution >= 0.6 is 0 Å². The quantitative estimate of drug-likeness (QED) is 0.795. The minimum atomic E-state index is -3.78. The van der Waals surface area contributed by atoms with Crippen molar-refractivity contribution in [2.24, 2.45) is 0 Å². The largest absolute Gasteiger partial charge is 0.491 e. The number of methoxy groups -OCH3 is 1. The lowest BCUT2D eigenvalue weighted by Gasteiger charge is -2.19. The number of rotatable bonds is 3. The molecule has 0 unspecified atom stereocenters. The van der Waals surface area contributed by atoms with E-state index in [0.29, 0.717) is 0 Å². The highest BCUT2D eigenvalue weighted by molar-refractivity contribution is 7.89. The first-order valence-corrected chi connectivity index (χ1v) is 8.85. The van der Waals surface area contributed by atoms with E-state index in [0.717, 1.165) is 5.56 Å². The van der Waals surface area contributed by atoms with Crippen molar-refractivity contribution in [2.75, 3.05) is 20.3 Å². The van der Waals surface area contributed by atoms with Crippen LogP contribution in [0.5, 0.6) is 5.75 Å². The summed E-state index contributed by atoms with van der Waals surface area (Å²) in [7, 11) is -2.53. The van der Waals surface area contributed by atoms with Crippen molar-refractivity contribution in [1.82, 2.24) is 4.31 Å². The Hall–Kier alpha value is -2.38. The molecule has 0 aromatic heterocycles. The molecule has 1 aliphatic heterocycles. The molecule has 1 aliphatic rings. The number of carbonyl (C=O) groups is 1. The van der Waals surface area contributed by atoms with E-state index >= 15 is 0 Å². The van der Waals surface area contributed by atoms with Crippen molar-refractivity contribution in [3.8, 4) is 5.75 Å². The van der Waals surface area contributed by atoms with Gasteiger partial charge >= 0.3 is 5.97 Å². The van der Waals surface area contributed by atoms with Crippen molar-refractivity contribution in [3.63, 3.8) is 0 Å². The summed E-state index contributed by atoms with van der Waals surface area (Å²) in [5.74, 6) is -0.343. The molecule has 126 valence electrons. The van der Waals surface area contributed by atoms with Crippen LogP contribution in [0.2, 0.25) is 0 Å². The van der Waals surface area contributed by atoms with E-state index in [-0.39, 0.29) is 35.9 Å². The van der Waals surface area contributed by atoms with E-state index in [1.807, 2.05) is 30.3 Å². The normalized spacial score (nSPS) is 16.5. The van der Waals surface area contributed by atoms with Gasteiger partial charge in [-0.05, 0) is 23.8 Å².